The number of anilines is 1. The molecule has 6 nitrogen and oxygen atoms in total. The number of rotatable bonds is 4. The molecule has 2 N–H and O–H groups in total. The van der Waals surface area contributed by atoms with Gasteiger partial charge in [-0.1, -0.05) is 6.07 Å². The number of nitro benzene ring substituents is 1. The highest BCUT2D eigenvalue weighted by molar-refractivity contribution is 5.62. The van der Waals surface area contributed by atoms with Crippen molar-refractivity contribution in [1.82, 2.24) is 4.98 Å². The Kier molecular flexibility index (Phi) is 4.02. The van der Waals surface area contributed by atoms with E-state index in [9.17, 15) is 19.3 Å². The highest BCUT2D eigenvalue weighted by atomic mass is 19.1. The number of hydrogen-bond acceptors (Lipinski definition) is 4. The number of H-pyrrole nitrogens is 1. The van der Waals surface area contributed by atoms with E-state index in [1.54, 1.807) is 19.9 Å². The average Bonchev–Trinajstić information content (AvgIpc) is 2.36. The summed E-state index contributed by atoms with van der Waals surface area (Å²) in [5.41, 5.74) is 1.11. The monoisotopic (exact) mass is 291 g/mol. The van der Waals surface area contributed by atoms with Crippen LogP contribution in [0.4, 0.5) is 15.8 Å². The minimum absolute atomic E-state index is 0.0411. The lowest BCUT2D eigenvalue weighted by atomic mass is 10.1. The molecule has 1 heterocycles. The molecule has 21 heavy (non-hydrogen) atoms. The third-order valence-corrected chi connectivity index (χ3v) is 3.12. The van der Waals surface area contributed by atoms with E-state index < -0.39 is 16.4 Å². The van der Waals surface area contributed by atoms with Crippen molar-refractivity contribution in [1.29, 1.82) is 0 Å². The van der Waals surface area contributed by atoms with Crippen molar-refractivity contribution < 1.29 is 9.31 Å². The lowest BCUT2D eigenvalue weighted by Crippen LogP contribution is -2.18. The summed E-state index contributed by atoms with van der Waals surface area (Å²) in [5.74, 6) is -0.917. The number of halogens is 1. The largest absolute Gasteiger partial charge is 0.375 e. The molecule has 0 bridgehead atoms. The van der Waals surface area contributed by atoms with Gasteiger partial charge in [0.1, 0.15) is 5.69 Å². The van der Waals surface area contributed by atoms with E-state index in [4.69, 9.17) is 0 Å². The summed E-state index contributed by atoms with van der Waals surface area (Å²) in [6.07, 6.45) is 0. The van der Waals surface area contributed by atoms with Crippen molar-refractivity contribution in [2.75, 3.05) is 5.32 Å². The van der Waals surface area contributed by atoms with Gasteiger partial charge in [0, 0.05) is 17.8 Å². The minimum Gasteiger partial charge on any atom is -0.375 e. The molecule has 0 amide bonds. The highest BCUT2D eigenvalue weighted by Gasteiger charge is 2.19. The molecule has 0 saturated carbocycles. The second kappa shape index (κ2) is 5.74. The minimum atomic E-state index is -0.917. The van der Waals surface area contributed by atoms with E-state index >= 15 is 0 Å². The summed E-state index contributed by atoms with van der Waals surface area (Å²) >= 11 is 0. The SMILES string of the molecule is Cc1cc(C)c(CNc2cccc(F)c2[N+](=O)[O-])c(=O)[nH]1. The number of para-hydroxylation sites is 1. The van der Waals surface area contributed by atoms with Gasteiger partial charge in [0.2, 0.25) is 5.82 Å². The van der Waals surface area contributed by atoms with Gasteiger partial charge in [0.25, 0.3) is 5.56 Å². The fourth-order valence-electron chi connectivity index (χ4n) is 2.13. The molecule has 0 aliphatic rings. The molecule has 0 saturated heterocycles. The maximum atomic E-state index is 13.5. The maximum Gasteiger partial charge on any atom is 0.327 e. The fraction of sp³-hybridized carbons (Fsp3) is 0.214. The van der Waals surface area contributed by atoms with Gasteiger partial charge in [-0.25, -0.2) is 0 Å². The first-order valence-electron chi connectivity index (χ1n) is 6.26. The van der Waals surface area contributed by atoms with Crippen molar-refractivity contribution in [2.24, 2.45) is 0 Å². The second-order valence-electron chi connectivity index (χ2n) is 4.69. The van der Waals surface area contributed by atoms with Gasteiger partial charge in [0.05, 0.1) is 4.92 Å². The molecule has 0 aliphatic heterocycles. The quantitative estimate of drug-likeness (QED) is 0.669. The molecule has 7 heteroatoms. The molecule has 1 aromatic carbocycles. The molecule has 0 radical (unpaired) electrons. The number of aromatic nitrogens is 1. The number of pyridine rings is 1. The molecule has 0 spiro atoms. The van der Waals surface area contributed by atoms with Crippen molar-refractivity contribution >= 4 is 11.4 Å². The van der Waals surface area contributed by atoms with Gasteiger partial charge in [-0.3, -0.25) is 14.9 Å². The third kappa shape index (κ3) is 3.07. The Morgan fingerprint density at radius 3 is 2.71 bits per heavy atom. The Labute approximate surface area is 119 Å². The Hall–Kier alpha value is -2.70. The van der Waals surface area contributed by atoms with Gasteiger partial charge in [-0.05, 0) is 37.6 Å². The van der Waals surface area contributed by atoms with E-state index in [-0.39, 0.29) is 17.8 Å². The standard InChI is InChI=1S/C14H14FN3O3/c1-8-6-9(2)17-14(19)10(8)7-16-12-5-3-4-11(15)13(12)18(20)21/h3-6,16H,7H2,1-2H3,(H,17,19). The van der Waals surface area contributed by atoms with Crippen LogP contribution in [0.25, 0.3) is 0 Å². The van der Waals surface area contributed by atoms with Gasteiger partial charge in [0.15, 0.2) is 0 Å². The van der Waals surface area contributed by atoms with E-state index in [1.807, 2.05) is 0 Å². The Morgan fingerprint density at radius 1 is 1.38 bits per heavy atom. The lowest BCUT2D eigenvalue weighted by Gasteiger charge is -2.09. The Morgan fingerprint density at radius 2 is 2.10 bits per heavy atom. The van der Waals surface area contributed by atoms with Gasteiger partial charge >= 0.3 is 5.69 Å². The van der Waals surface area contributed by atoms with Crippen molar-refractivity contribution in [2.45, 2.75) is 20.4 Å². The van der Waals surface area contributed by atoms with Crippen LogP contribution in [0.3, 0.4) is 0 Å². The summed E-state index contributed by atoms with van der Waals surface area (Å²) in [5, 5.41) is 13.6. The molecule has 2 rings (SSSR count). The lowest BCUT2D eigenvalue weighted by molar-refractivity contribution is -0.386. The highest BCUT2D eigenvalue weighted by Crippen LogP contribution is 2.27. The van der Waals surface area contributed by atoms with Crippen LogP contribution < -0.4 is 10.9 Å². The summed E-state index contributed by atoms with van der Waals surface area (Å²) < 4.78 is 13.5. The predicted octanol–water partition coefficient (Wildman–Crippen LogP) is 2.65. The van der Waals surface area contributed by atoms with E-state index in [1.165, 1.54) is 12.1 Å². The van der Waals surface area contributed by atoms with Crippen molar-refractivity contribution in [3.8, 4) is 0 Å². The average molecular weight is 291 g/mol. The zero-order valence-corrected chi connectivity index (χ0v) is 11.6. The number of aryl methyl sites for hydroxylation is 2. The molecule has 110 valence electrons. The van der Waals surface area contributed by atoms with E-state index in [0.29, 0.717) is 5.56 Å². The van der Waals surface area contributed by atoms with E-state index in [0.717, 1.165) is 17.3 Å². The first-order valence-corrected chi connectivity index (χ1v) is 6.26. The maximum absolute atomic E-state index is 13.5. The van der Waals surface area contributed by atoms with Crippen LogP contribution >= 0.6 is 0 Å². The number of benzene rings is 1. The molecule has 0 atom stereocenters. The Balaban J connectivity index is 2.32. The van der Waals surface area contributed by atoms with Crippen LogP contribution in [0, 0.1) is 29.8 Å². The van der Waals surface area contributed by atoms with Crippen LogP contribution in [0.5, 0.6) is 0 Å². The molecular formula is C14H14FN3O3. The van der Waals surface area contributed by atoms with Crippen LogP contribution in [0.2, 0.25) is 0 Å². The summed E-state index contributed by atoms with van der Waals surface area (Å²) in [6, 6.07) is 5.60. The topological polar surface area (TPSA) is 88.0 Å². The second-order valence-corrected chi connectivity index (χ2v) is 4.69. The number of hydrogen-bond donors (Lipinski definition) is 2. The summed E-state index contributed by atoms with van der Waals surface area (Å²) in [4.78, 5) is 24.6. The first-order chi connectivity index (χ1) is 9.90. The normalized spacial score (nSPS) is 10.4. The number of nitrogens with one attached hydrogen (secondary N) is 2. The zero-order valence-electron chi connectivity index (χ0n) is 11.6. The first kappa shape index (κ1) is 14.7. The number of aromatic amines is 1. The summed E-state index contributed by atoms with van der Waals surface area (Å²) in [6.45, 7) is 3.62. The molecular weight excluding hydrogens is 277 g/mol. The van der Waals surface area contributed by atoms with Crippen LogP contribution in [0.15, 0.2) is 29.1 Å². The zero-order chi connectivity index (χ0) is 15.6. The molecule has 1 aromatic heterocycles. The number of nitro groups is 1. The van der Waals surface area contributed by atoms with Crippen LogP contribution in [-0.4, -0.2) is 9.91 Å². The van der Waals surface area contributed by atoms with Gasteiger partial charge in [-0.2, -0.15) is 4.39 Å². The van der Waals surface area contributed by atoms with E-state index in [2.05, 4.69) is 10.3 Å². The summed E-state index contributed by atoms with van der Waals surface area (Å²) in [7, 11) is 0. The van der Waals surface area contributed by atoms with Gasteiger partial charge in [-0.15, -0.1) is 0 Å². The smallest absolute Gasteiger partial charge is 0.327 e. The molecule has 0 aliphatic carbocycles. The van der Waals surface area contributed by atoms with Crippen LogP contribution in [-0.2, 0) is 6.54 Å². The van der Waals surface area contributed by atoms with Crippen LogP contribution in [0.1, 0.15) is 16.8 Å². The molecule has 0 fully saturated rings. The molecule has 0 unspecified atom stereocenters. The van der Waals surface area contributed by atoms with Crippen molar-refractivity contribution in [3.63, 3.8) is 0 Å². The third-order valence-electron chi connectivity index (χ3n) is 3.12. The molecule has 2 aromatic rings. The fourth-order valence-corrected chi connectivity index (χ4v) is 2.13. The number of nitrogens with zero attached hydrogens (tertiary/aromatic N) is 1. The predicted molar refractivity (Wildman–Crippen MR) is 76.9 cm³/mol. The van der Waals surface area contributed by atoms with Crippen molar-refractivity contribution in [3.05, 3.63) is 67.4 Å². The Bertz CT molecular complexity index is 756. The van der Waals surface area contributed by atoms with Gasteiger partial charge < -0.3 is 10.3 Å².